The summed E-state index contributed by atoms with van der Waals surface area (Å²) >= 11 is 3.51. The fourth-order valence-electron chi connectivity index (χ4n) is 2.97. The molecule has 1 fully saturated rings. The standard InChI is InChI=1S/C19H23BrN4/c1-21-19(22-13-15-6-5-7-16(20)12-15)23-17-10-11-24(14-17)18-8-3-2-4-9-18/h2-9,12,17H,10-11,13-14H2,1H3,(H2,21,22,23). The number of nitrogens with one attached hydrogen (secondary N) is 2. The molecule has 1 saturated heterocycles. The second-order valence-corrected chi connectivity index (χ2v) is 6.88. The third-order valence-electron chi connectivity index (χ3n) is 4.22. The van der Waals surface area contributed by atoms with Crippen molar-refractivity contribution in [1.29, 1.82) is 0 Å². The van der Waals surface area contributed by atoms with Crippen molar-refractivity contribution < 1.29 is 0 Å². The first kappa shape index (κ1) is 16.8. The Kier molecular flexibility index (Phi) is 5.75. The van der Waals surface area contributed by atoms with Crippen LogP contribution in [-0.4, -0.2) is 32.1 Å². The maximum absolute atomic E-state index is 4.35. The zero-order valence-corrected chi connectivity index (χ0v) is 15.5. The summed E-state index contributed by atoms with van der Waals surface area (Å²) in [6.45, 7) is 2.83. The zero-order valence-electron chi connectivity index (χ0n) is 13.9. The van der Waals surface area contributed by atoms with Crippen molar-refractivity contribution in [2.45, 2.75) is 19.0 Å². The molecule has 0 bridgehead atoms. The van der Waals surface area contributed by atoms with E-state index in [1.54, 1.807) is 0 Å². The van der Waals surface area contributed by atoms with Gasteiger partial charge in [-0.2, -0.15) is 0 Å². The van der Waals surface area contributed by atoms with E-state index in [1.165, 1.54) is 11.3 Å². The van der Waals surface area contributed by atoms with Gasteiger partial charge in [0.05, 0.1) is 0 Å². The molecule has 0 spiro atoms. The van der Waals surface area contributed by atoms with Gasteiger partial charge in [-0.05, 0) is 36.2 Å². The monoisotopic (exact) mass is 386 g/mol. The summed E-state index contributed by atoms with van der Waals surface area (Å²) in [4.78, 5) is 6.77. The third-order valence-corrected chi connectivity index (χ3v) is 4.72. The average Bonchev–Trinajstić information content (AvgIpc) is 3.08. The first-order valence-corrected chi connectivity index (χ1v) is 9.05. The minimum atomic E-state index is 0.416. The molecular weight excluding hydrogens is 364 g/mol. The number of halogens is 1. The Morgan fingerprint density at radius 1 is 1.21 bits per heavy atom. The summed E-state index contributed by atoms with van der Waals surface area (Å²) in [7, 11) is 1.82. The van der Waals surface area contributed by atoms with E-state index in [0.29, 0.717) is 6.04 Å². The van der Waals surface area contributed by atoms with Gasteiger partial charge in [-0.3, -0.25) is 4.99 Å². The Balaban J connectivity index is 1.51. The third kappa shape index (κ3) is 4.51. The fourth-order valence-corrected chi connectivity index (χ4v) is 3.42. The Labute approximate surface area is 152 Å². The van der Waals surface area contributed by atoms with Gasteiger partial charge in [0.1, 0.15) is 0 Å². The zero-order chi connectivity index (χ0) is 16.8. The summed E-state index contributed by atoms with van der Waals surface area (Å²) in [5.74, 6) is 0.856. The molecule has 24 heavy (non-hydrogen) atoms. The Morgan fingerprint density at radius 2 is 2.04 bits per heavy atom. The second kappa shape index (κ2) is 8.20. The van der Waals surface area contributed by atoms with Gasteiger partial charge in [0, 0.05) is 42.9 Å². The van der Waals surface area contributed by atoms with Crippen LogP contribution in [0, 0.1) is 0 Å². The molecule has 0 radical (unpaired) electrons. The van der Waals surface area contributed by atoms with Gasteiger partial charge in [0.15, 0.2) is 5.96 Å². The minimum Gasteiger partial charge on any atom is -0.369 e. The fraction of sp³-hybridized carbons (Fsp3) is 0.316. The lowest BCUT2D eigenvalue weighted by molar-refractivity contribution is 0.648. The molecule has 2 aromatic carbocycles. The van der Waals surface area contributed by atoms with Gasteiger partial charge >= 0.3 is 0 Å². The van der Waals surface area contributed by atoms with Crippen LogP contribution in [0.5, 0.6) is 0 Å². The van der Waals surface area contributed by atoms with E-state index in [2.05, 4.69) is 78.9 Å². The number of hydrogen-bond acceptors (Lipinski definition) is 2. The van der Waals surface area contributed by atoms with Crippen LogP contribution in [0.15, 0.2) is 64.1 Å². The largest absolute Gasteiger partial charge is 0.369 e. The number of para-hydroxylation sites is 1. The summed E-state index contributed by atoms with van der Waals surface area (Å²) in [5, 5.41) is 6.93. The van der Waals surface area contributed by atoms with Gasteiger partial charge in [-0.25, -0.2) is 0 Å². The van der Waals surface area contributed by atoms with Crippen molar-refractivity contribution in [3.05, 3.63) is 64.6 Å². The molecule has 2 N–H and O–H groups in total. The van der Waals surface area contributed by atoms with Crippen LogP contribution in [0.4, 0.5) is 5.69 Å². The number of hydrogen-bond donors (Lipinski definition) is 2. The summed E-state index contributed by atoms with van der Waals surface area (Å²) in [6, 6.07) is 19.3. The van der Waals surface area contributed by atoms with E-state index in [0.717, 1.165) is 36.5 Å². The normalized spacial score (nSPS) is 17.8. The van der Waals surface area contributed by atoms with E-state index in [1.807, 2.05) is 19.2 Å². The predicted octanol–water partition coefficient (Wildman–Crippen LogP) is 3.39. The molecule has 1 aliphatic heterocycles. The number of benzene rings is 2. The van der Waals surface area contributed by atoms with E-state index in [9.17, 15) is 0 Å². The van der Waals surface area contributed by atoms with Crippen LogP contribution >= 0.6 is 15.9 Å². The first-order valence-electron chi connectivity index (χ1n) is 8.26. The van der Waals surface area contributed by atoms with Crippen LogP contribution in [0.1, 0.15) is 12.0 Å². The molecule has 1 heterocycles. The van der Waals surface area contributed by atoms with Crippen LogP contribution in [0.3, 0.4) is 0 Å². The number of nitrogens with zero attached hydrogens (tertiary/aromatic N) is 2. The van der Waals surface area contributed by atoms with Crippen molar-refractivity contribution in [3.63, 3.8) is 0 Å². The molecule has 1 aliphatic rings. The highest BCUT2D eigenvalue weighted by atomic mass is 79.9. The predicted molar refractivity (Wildman–Crippen MR) is 105 cm³/mol. The molecule has 2 aromatic rings. The number of aliphatic imine (C=N–C) groups is 1. The average molecular weight is 387 g/mol. The molecule has 0 saturated carbocycles. The van der Waals surface area contributed by atoms with Crippen LogP contribution in [0.25, 0.3) is 0 Å². The SMILES string of the molecule is CN=C(NCc1cccc(Br)c1)NC1CCN(c2ccccc2)C1. The van der Waals surface area contributed by atoms with Gasteiger partial charge < -0.3 is 15.5 Å². The van der Waals surface area contributed by atoms with Gasteiger partial charge in [0.2, 0.25) is 0 Å². The van der Waals surface area contributed by atoms with Gasteiger partial charge in [0.25, 0.3) is 0 Å². The maximum Gasteiger partial charge on any atom is 0.191 e. The quantitative estimate of drug-likeness (QED) is 0.624. The highest BCUT2D eigenvalue weighted by Gasteiger charge is 2.23. The number of rotatable bonds is 4. The van der Waals surface area contributed by atoms with E-state index < -0.39 is 0 Å². The molecule has 0 aromatic heterocycles. The molecule has 5 heteroatoms. The lowest BCUT2D eigenvalue weighted by atomic mass is 10.2. The molecule has 1 atom stereocenters. The van der Waals surface area contributed by atoms with Gasteiger partial charge in [-0.15, -0.1) is 0 Å². The van der Waals surface area contributed by atoms with Crippen molar-refractivity contribution in [2.75, 3.05) is 25.0 Å². The van der Waals surface area contributed by atoms with Crippen molar-refractivity contribution in [2.24, 2.45) is 4.99 Å². The summed E-state index contributed by atoms with van der Waals surface area (Å²) in [6.07, 6.45) is 1.12. The summed E-state index contributed by atoms with van der Waals surface area (Å²) in [5.41, 5.74) is 2.52. The molecular formula is C19H23BrN4. The molecule has 1 unspecified atom stereocenters. The second-order valence-electron chi connectivity index (χ2n) is 5.97. The Bertz CT molecular complexity index is 687. The molecule has 126 valence electrons. The van der Waals surface area contributed by atoms with E-state index >= 15 is 0 Å². The topological polar surface area (TPSA) is 39.7 Å². The van der Waals surface area contributed by atoms with Gasteiger partial charge in [-0.1, -0.05) is 46.3 Å². The number of anilines is 1. The smallest absolute Gasteiger partial charge is 0.191 e. The lowest BCUT2D eigenvalue weighted by Gasteiger charge is -2.20. The maximum atomic E-state index is 4.35. The van der Waals surface area contributed by atoms with E-state index in [4.69, 9.17) is 0 Å². The first-order chi connectivity index (χ1) is 11.7. The number of guanidine groups is 1. The molecule has 0 amide bonds. The molecule has 4 nitrogen and oxygen atoms in total. The van der Waals surface area contributed by atoms with E-state index in [-0.39, 0.29) is 0 Å². The van der Waals surface area contributed by atoms with Crippen LogP contribution in [-0.2, 0) is 6.54 Å². The highest BCUT2D eigenvalue weighted by molar-refractivity contribution is 9.10. The molecule has 3 rings (SSSR count). The van der Waals surface area contributed by atoms with Crippen molar-refractivity contribution in [1.82, 2.24) is 10.6 Å². The Morgan fingerprint density at radius 3 is 2.79 bits per heavy atom. The van der Waals surface area contributed by atoms with Crippen LogP contribution in [0.2, 0.25) is 0 Å². The minimum absolute atomic E-state index is 0.416. The molecule has 0 aliphatic carbocycles. The Hall–Kier alpha value is -2.01. The van der Waals surface area contributed by atoms with Crippen molar-refractivity contribution in [3.8, 4) is 0 Å². The summed E-state index contributed by atoms with van der Waals surface area (Å²) < 4.78 is 1.10. The highest BCUT2D eigenvalue weighted by Crippen LogP contribution is 2.19. The van der Waals surface area contributed by atoms with Crippen molar-refractivity contribution >= 4 is 27.6 Å². The lowest BCUT2D eigenvalue weighted by Crippen LogP contribution is -2.44. The van der Waals surface area contributed by atoms with Crippen LogP contribution < -0.4 is 15.5 Å².